The standard InChI is InChI=1S/C5H5Cl3F3I/c6-2-3(12)1-4(7,9)5(8,10)11/h3H,1-2H2. The minimum Gasteiger partial charge on any atom is -0.218 e. The summed E-state index contributed by atoms with van der Waals surface area (Å²) in [5, 5.41) is -7.29. The monoisotopic (exact) mass is 354 g/mol. The molecule has 0 spiro atoms. The number of halogens is 7. The summed E-state index contributed by atoms with van der Waals surface area (Å²) < 4.78 is 36.8. The lowest BCUT2D eigenvalue weighted by Crippen LogP contribution is -2.36. The number of hydrogen-bond donors (Lipinski definition) is 0. The lowest BCUT2D eigenvalue weighted by Gasteiger charge is -2.24. The van der Waals surface area contributed by atoms with Crippen molar-refractivity contribution in [2.24, 2.45) is 0 Å². The van der Waals surface area contributed by atoms with Crippen LogP contribution < -0.4 is 0 Å². The van der Waals surface area contributed by atoms with Crippen molar-refractivity contribution in [1.29, 1.82) is 0 Å². The molecule has 0 rings (SSSR count). The van der Waals surface area contributed by atoms with Gasteiger partial charge in [0.15, 0.2) is 0 Å². The maximum atomic E-state index is 12.9. The number of hydrogen-bond acceptors (Lipinski definition) is 0. The fraction of sp³-hybridized carbons (Fsp3) is 1.00. The Morgan fingerprint density at radius 1 is 1.25 bits per heavy atom. The lowest BCUT2D eigenvalue weighted by atomic mass is 10.2. The van der Waals surface area contributed by atoms with E-state index in [-0.39, 0.29) is 5.88 Å². The average Bonchev–Trinajstić information content (AvgIpc) is 1.84. The van der Waals surface area contributed by atoms with Gasteiger partial charge in [-0.05, 0) is 11.6 Å². The summed E-state index contributed by atoms with van der Waals surface area (Å²) in [6.07, 6.45) is -0.588. The zero-order valence-corrected chi connectivity index (χ0v) is 10.1. The molecule has 0 saturated carbocycles. The quantitative estimate of drug-likeness (QED) is 0.525. The van der Waals surface area contributed by atoms with Crippen LogP contribution in [0.5, 0.6) is 0 Å². The Labute approximate surface area is 96.9 Å². The van der Waals surface area contributed by atoms with Gasteiger partial charge in [0.2, 0.25) is 0 Å². The second kappa shape index (κ2) is 4.75. The van der Waals surface area contributed by atoms with E-state index in [0.717, 1.165) is 0 Å². The van der Waals surface area contributed by atoms with Crippen molar-refractivity contribution in [2.75, 3.05) is 5.88 Å². The molecule has 0 nitrogen and oxygen atoms in total. The summed E-state index contributed by atoms with van der Waals surface area (Å²) in [4.78, 5) is 0. The van der Waals surface area contributed by atoms with Crippen molar-refractivity contribution in [3.63, 3.8) is 0 Å². The highest BCUT2D eigenvalue weighted by Crippen LogP contribution is 2.43. The smallest absolute Gasteiger partial charge is 0.218 e. The SMILES string of the molecule is FC(F)(Cl)C(F)(Cl)CC(I)CCl. The van der Waals surface area contributed by atoms with Gasteiger partial charge in [0.1, 0.15) is 0 Å². The molecule has 0 aliphatic heterocycles. The van der Waals surface area contributed by atoms with Crippen molar-refractivity contribution in [3.8, 4) is 0 Å². The minimum atomic E-state index is -4.07. The van der Waals surface area contributed by atoms with Gasteiger partial charge < -0.3 is 0 Å². The van der Waals surface area contributed by atoms with E-state index in [1.807, 2.05) is 0 Å². The molecular formula is C5H5Cl3F3I. The molecule has 74 valence electrons. The summed E-state index contributed by atoms with van der Waals surface area (Å²) in [5.74, 6) is 0.0475. The van der Waals surface area contributed by atoms with Gasteiger partial charge in [-0.3, -0.25) is 0 Å². The molecule has 0 saturated heterocycles. The highest BCUT2D eigenvalue weighted by Gasteiger charge is 2.53. The highest BCUT2D eigenvalue weighted by atomic mass is 127. The van der Waals surface area contributed by atoms with Gasteiger partial charge in [0.25, 0.3) is 5.13 Å². The third-order valence-corrected chi connectivity index (χ3v) is 3.62. The van der Waals surface area contributed by atoms with Gasteiger partial charge in [-0.2, -0.15) is 8.78 Å². The molecule has 0 N–H and O–H groups in total. The average molecular weight is 355 g/mol. The Balaban J connectivity index is 4.22. The maximum Gasteiger partial charge on any atom is 0.369 e. The Kier molecular flexibility index (Phi) is 5.30. The molecule has 0 amide bonds. The molecule has 0 bridgehead atoms. The zero-order chi connectivity index (χ0) is 9.99. The van der Waals surface area contributed by atoms with E-state index in [1.165, 1.54) is 0 Å². The fourth-order valence-electron chi connectivity index (χ4n) is 0.448. The van der Waals surface area contributed by atoms with E-state index >= 15 is 0 Å². The summed E-state index contributed by atoms with van der Waals surface area (Å²) >= 11 is 16.3. The Morgan fingerprint density at radius 3 is 1.92 bits per heavy atom. The molecule has 0 aliphatic rings. The first kappa shape index (κ1) is 13.4. The van der Waals surface area contributed by atoms with E-state index in [1.54, 1.807) is 22.6 Å². The first-order chi connectivity index (χ1) is 5.20. The second-order valence-electron chi connectivity index (χ2n) is 2.16. The van der Waals surface area contributed by atoms with Crippen molar-refractivity contribution in [1.82, 2.24) is 0 Å². The first-order valence-corrected chi connectivity index (χ1v) is 5.39. The van der Waals surface area contributed by atoms with E-state index in [9.17, 15) is 13.2 Å². The van der Waals surface area contributed by atoms with Gasteiger partial charge in [0, 0.05) is 16.2 Å². The Hall–Kier alpha value is 1.39. The minimum absolute atomic E-state index is 0.0475. The van der Waals surface area contributed by atoms with E-state index < -0.39 is 20.9 Å². The molecule has 0 aromatic carbocycles. The summed E-state index contributed by atoms with van der Waals surface area (Å²) in [7, 11) is 0. The van der Waals surface area contributed by atoms with Gasteiger partial charge >= 0.3 is 5.38 Å². The van der Waals surface area contributed by atoms with E-state index in [4.69, 9.17) is 23.2 Å². The largest absolute Gasteiger partial charge is 0.369 e. The molecule has 2 unspecified atom stereocenters. The van der Waals surface area contributed by atoms with Crippen molar-refractivity contribution < 1.29 is 13.2 Å². The normalized spacial score (nSPS) is 20.2. The predicted octanol–water partition coefficient (Wildman–Crippen LogP) is 4.16. The molecule has 0 radical (unpaired) electrons. The predicted molar refractivity (Wildman–Crippen MR) is 53.6 cm³/mol. The van der Waals surface area contributed by atoms with Crippen LogP contribution in [0.15, 0.2) is 0 Å². The Morgan fingerprint density at radius 2 is 1.67 bits per heavy atom. The molecular weight excluding hydrogens is 350 g/mol. The van der Waals surface area contributed by atoms with E-state index in [2.05, 4.69) is 11.6 Å². The Bertz CT molecular complexity index is 147. The summed E-state index contributed by atoms with van der Waals surface area (Å²) in [5.41, 5.74) is 0. The van der Waals surface area contributed by atoms with Crippen molar-refractivity contribution in [3.05, 3.63) is 0 Å². The van der Waals surface area contributed by atoms with Gasteiger partial charge in [0.05, 0.1) is 0 Å². The van der Waals surface area contributed by atoms with Crippen LogP contribution in [0.25, 0.3) is 0 Å². The second-order valence-corrected chi connectivity index (χ2v) is 5.30. The maximum absolute atomic E-state index is 12.9. The molecule has 0 aromatic heterocycles. The van der Waals surface area contributed by atoms with Crippen LogP contribution in [-0.2, 0) is 0 Å². The molecule has 0 aliphatic carbocycles. The third kappa shape index (κ3) is 4.07. The zero-order valence-electron chi connectivity index (χ0n) is 5.64. The van der Waals surface area contributed by atoms with Crippen LogP contribution in [0.2, 0.25) is 0 Å². The van der Waals surface area contributed by atoms with Crippen molar-refractivity contribution in [2.45, 2.75) is 20.9 Å². The van der Waals surface area contributed by atoms with Gasteiger partial charge in [-0.25, -0.2) is 4.39 Å². The summed E-state index contributed by atoms with van der Waals surface area (Å²) in [6, 6.07) is 0. The van der Waals surface area contributed by atoms with Crippen LogP contribution in [-0.4, -0.2) is 20.3 Å². The van der Waals surface area contributed by atoms with E-state index in [0.29, 0.717) is 0 Å². The molecule has 0 aromatic rings. The molecule has 0 heterocycles. The van der Waals surface area contributed by atoms with Crippen LogP contribution in [0, 0.1) is 0 Å². The topological polar surface area (TPSA) is 0 Å². The van der Waals surface area contributed by atoms with Crippen molar-refractivity contribution >= 4 is 57.4 Å². The lowest BCUT2D eigenvalue weighted by molar-refractivity contribution is -0.0228. The van der Waals surface area contributed by atoms with Crippen LogP contribution in [0.1, 0.15) is 6.42 Å². The van der Waals surface area contributed by atoms with Crippen LogP contribution >= 0.6 is 57.4 Å². The molecule has 7 heteroatoms. The molecule has 12 heavy (non-hydrogen) atoms. The summed E-state index contributed by atoms with van der Waals surface area (Å²) in [6.45, 7) is 0. The fourth-order valence-corrected chi connectivity index (χ4v) is 1.69. The van der Waals surface area contributed by atoms with Crippen LogP contribution in [0.4, 0.5) is 13.2 Å². The first-order valence-electron chi connectivity index (χ1n) is 2.85. The number of alkyl halides is 7. The van der Waals surface area contributed by atoms with Crippen LogP contribution in [0.3, 0.4) is 0 Å². The molecule has 0 fully saturated rings. The molecule has 2 atom stereocenters. The number of rotatable bonds is 4. The third-order valence-electron chi connectivity index (χ3n) is 1.06. The van der Waals surface area contributed by atoms with Gasteiger partial charge in [-0.1, -0.05) is 34.2 Å². The van der Waals surface area contributed by atoms with Gasteiger partial charge in [-0.15, -0.1) is 11.6 Å². The highest BCUT2D eigenvalue weighted by molar-refractivity contribution is 14.1.